The third-order valence-electron chi connectivity index (χ3n) is 3.87. The van der Waals surface area contributed by atoms with E-state index in [1.165, 1.54) is 0 Å². The van der Waals surface area contributed by atoms with E-state index in [2.05, 4.69) is 26.1 Å². The van der Waals surface area contributed by atoms with Gasteiger partial charge in [0.05, 0.1) is 11.7 Å². The SMILES string of the molecule is CCC1(C)NC(C(C)C)N(CCCCOC)C1=O. The summed E-state index contributed by atoms with van der Waals surface area (Å²) in [6, 6.07) is 0. The Bertz CT molecular complexity index is 281. The van der Waals surface area contributed by atoms with Gasteiger partial charge in [-0.05, 0) is 32.1 Å². The molecule has 0 aromatic rings. The van der Waals surface area contributed by atoms with Crippen LogP contribution >= 0.6 is 0 Å². The van der Waals surface area contributed by atoms with E-state index >= 15 is 0 Å². The molecule has 0 aromatic carbocycles. The molecule has 0 bridgehead atoms. The van der Waals surface area contributed by atoms with E-state index in [4.69, 9.17) is 4.74 Å². The number of rotatable bonds is 7. The van der Waals surface area contributed by atoms with Crippen LogP contribution in [-0.4, -0.2) is 42.8 Å². The van der Waals surface area contributed by atoms with Gasteiger partial charge in [0, 0.05) is 20.3 Å². The number of carbonyl (C=O) groups excluding carboxylic acids is 1. The van der Waals surface area contributed by atoms with Crippen LogP contribution in [0, 0.1) is 5.92 Å². The highest BCUT2D eigenvalue weighted by molar-refractivity contribution is 5.88. The molecule has 1 fully saturated rings. The van der Waals surface area contributed by atoms with Gasteiger partial charge in [-0.15, -0.1) is 0 Å². The molecule has 2 atom stereocenters. The Morgan fingerprint density at radius 1 is 1.44 bits per heavy atom. The van der Waals surface area contributed by atoms with Crippen molar-refractivity contribution in [2.24, 2.45) is 5.92 Å². The van der Waals surface area contributed by atoms with Crippen molar-refractivity contribution < 1.29 is 9.53 Å². The summed E-state index contributed by atoms with van der Waals surface area (Å²) >= 11 is 0. The number of nitrogens with zero attached hydrogens (tertiary/aromatic N) is 1. The maximum Gasteiger partial charge on any atom is 0.243 e. The van der Waals surface area contributed by atoms with Gasteiger partial charge in [0.1, 0.15) is 0 Å². The normalized spacial score (nSPS) is 28.4. The topological polar surface area (TPSA) is 41.6 Å². The molecular weight excluding hydrogens is 228 g/mol. The molecule has 1 saturated heterocycles. The minimum atomic E-state index is -0.379. The van der Waals surface area contributed by atoms with Gasteiger partial charge in [-0.1, -0.05) is 20.8 Å². The van der Waals surface area contributed by atoms with Gasteiger partial charge < -0.3 is 9.64 Å². The van der Waals surface area contributed by atoms with Crippen molar-refractivity contribution in [1.29, 1.82) is 0 Å². The molecule has 4 nitrogen and oxygen atoms in total. The van der Waals surface area contributed by atoms with Gasteiger partial charge >= 0.3 is 0 Å². The average molecular weight is 256 g/mol. The maximum atomic E-state index is 12.5. The van der Waals surface area contributed by atoms with E-state index in [0.29, 0.717) is 5.92 Å². The van der Waals surface area contributed by atoms with Crippen LogP contribution in [0.2, 0.25) is 0 Å². The van der Waals surface area contributed by atoms with Gasteiger partial charge in [-0.2, -0.15) is 0 Å². The number of amides is 1. The van der Waals surface area contributed by atoms with Gasteiger partial charge in [-0.3, -0.25) is 10.1 Å². The molecule has 4 heteroatoms. The van der Waals surface area contributed by atoms with E-state index in [9.17, 15) is 4.79 Å². The second-order valence-corrected chi connectivity index (χ2v) is 5.72. The largest absolute Gasteiger partial charge is 0.385 e. The number of methoxy groups -OCH3 is 1. The van der Waals surface area contributed by atoms with Crippen LogP contribution in [0.1, 0.15) is 47.0 Å². The van der Waals surface area contributed by atoms with Gasteiger partial charge in [-0.25, -0.2) is 0 Å². The van der Waals surface area contributed by atoms with Crippen LogP contribution < -0.4 is 5.32 Å². The van der Waals surface area contributed by atoms with Crippen LogP contribution in [0.4, 0.5) is 0 Å². The van der Waals surface area contributed by atoms with E-state index in [1.54, 1.807) is 7.11 Å². The van der Waals surface area contributed by atoms with E-state index < -0.39 is 0 Å². The highest BCUT2D eigenvalue weighted by Gasteiger charge is 2.47. The molecule has 1 aliphatic heterocycles. The minimum Gasteiger partial charge on any atom is -0.385 e. The van der Waals surface area contributed by atoms with Crippen molar-refractivity contribution in [1.82, 2.24) is 10.2 Å². The monoisotopic (exact) mass is 256 g/mol. The van der Waals surface area contributed by atoms with Crippen molar-refractivity contribution in [2.45, 2.75) is 58.7 Å². The third-order valence-corrected chi connectivity index (χ3v) is 3.87. The van der Waals surface area contributed by atoms with Gasteiger partial charge in [0.25, 0.3) is 0 Å². The molecule has 1 aliphatic rings. The van der Waals surface area contributed by atoms with Crippen molar-refractivity contribution in [3.8, 4) is 0 Å². The fraction of sp³-hybridized carbons (Fsp3) is 0.929. The maximum absolute atomic E-state index is 12.5. The zero-order valence-electron chi connectivity index (χ0n) is 12.5. The summed E-state index contributed by atoms with van der Waals surface area (Å²) in [5.41, 5.74) is -0.379. The molecule has 0 aromatic heterocycles. The zero-order chi connectivity index (χ0) is 13.8. The predicted molar refractivity (Wildman–Crippen MR) is 73.3 cm³/mol. The Balaban J connectivity index is 2.64. The van der Waals surface area contributed by atoms with Gasteiger partial charge in [0.15, 0.2) is 0 Å². The first-order chi connectivity index (χ1) is 8.46. The summed E-state index contributed by atoms with van der Waals surface area (Å²) in [5.74, 6) is 0.686. The molecule has 1 amide bonds. The summed E-state index contributed by atoms with van der Waals surface area (Å²) in [4.78, 5) is 14.5. The molecule has 0 spiro atoms. The van der Waals surface area contributed by atoms with Crippen LogP contribution in [-0.2, 0) is 9.53 Å². The quantitative estimate of drug-likeness (QED) is 0.708. The zero-order valence-corrected chi connectivity index (χ0v) is 12.5. The van der Waals surface area contributed by atoms with Crippen molar-refractivity contribution in [3.63, 3.8) is 0 Å². The van der Waals surface area contributed by atoms with Crippen LogP contribution in [0.5, 0.6) is 0 Å². The van der Waals surface area contributed by atoms with E-state index in [-0.39, 0.29) is 17.6 Å². The third kappa shape index (κ3) is 3.23. The lowest BCUT2D eigenvalue weighted by Gasteiger charge is -2.27. The molecule has 1 rings (SSSR count). The molecule has 106 valence electrons. The first-order valence-corrected chi connectivity index (χ1v) is 7.04. The van der Waals surface area contributed by atoms with E-state index in [0.717, 1.165) is 32.4 Å². The fourth-order valence-corrected chi connectivity index (χ4v) is 2.46. The minimum absolute atomic E-state index is 0.171. The molecule has 18 heavy (non-hydrogen) atoms. The number of unbranched alkanes of at least 4 members (excludes halogenated alkanes) is 1. The van der Waals surface area contributed by atoms with Crippen molar-refractivity contribution in [3.05, 3.63) is 0 Å². The summed E-state index contributed by atoms with van der Waals surface area (Å²) in [5, 5.41) is 3.50. The molecule has 2 unspecified atom stereocenters. The van der Waals surface area contributed by atoms with Crippen LogP contribution in [0.3, 0.4) is 0 Å². The second kappa shape index (κ2) is 6.53. The lowest BCUT2D eigenvalue weighted by atomic mass is 9.99. The Hall–Kier alpha value is -0.610. The van der Waals surface area contributed by atoms with Crippen molar-refractivity contribution in [2.75, 3.05) is 20.3 Å². The Morgan fingerprint density at radius 3 is 2.61 bits per heavy atom. The fourth-order valence-electron chi connectivity index (χ4n) is 2.46. The molecular formula is C14H28N2O2. The summed E-state index contributed by atoms with van der Waals surface area (Å²) in [7, 11) is 1.72. The summed E-state index contributed by atoms with van der Waals surface area (Å²) in [6.07, 6.45) is 3.02. The smallest absolute Gasteiger partial charge is 0.243 e. The highest BCUT2D eigenvalue weighted by atomic mass is 16.5. The number of hydrogen-bond donors (Lipinski definition) is 1. The lowest BCUT2D eigenvalue weighted by molar-refractivity contribution is -0.133. The molecule has 0 aliphatic carbocycles. The Morgan fingerprint density at radius 2 is 2.11 bits per heavy atom. The number of hydrogen-bond acceptors (Lipinski definition) is 3. The number of carbonyl (C=O) groups is 1. The van der Waals surface area contributed by atoms with Crippen LogP contribution in [0.25, 0.3) is 0 Å². The Kier molecular flexibility index (Phi) is 5.60. The lowest BCUT2D eigenvalue weighted by Crippen LogP contribution is -2.45. The average Bonchev–Trinajstić information content (AvgIpc) is 2.60. The number of ether oxygens (including phenoxy) is 1. The molecule has 1 N–H and O–H groups in total. The molecule has 1 heterocycles. The predicted octanol–water partition coefficient (Wildman–Crippen LogP) is 2.00. The standard InChI is InChI=1S/C14H28N2O2/c1-6-14(4)13(17)16(9-7-8-10-18-5)12(15-14)11(2)3/h11-12,15H,6-10H2,1-5H3. The summed E-state index contributed by atoms with van der Waals surface area (Å²) in [6.45, 7) is 10.0. The highest BCUT2D eigenvalue weighted by Crippen LogP contribution is 2.27. The molecule has 0 saturated carbocycles. The summed E-state index contributed by atoms with van der Waals surface area (Å²) < 4.78 is 5.05. The first-order valence-electron chi connectivity index (χ1n) is 7.04. The molecule has 0 radical (unpaired) electrons. The van der Waals surface area contributed by atoms with Gasteiger partial charge in [0.2, 0.25) is 5.91 Å². The first kappa shape index (κ1) is 15.4. The van der Waals surface area contributed by atoms with E-state index in [1.807, 2.05) is 11.8 Å². The van der Waals surface area contributed by atoms with Crippen molar-refractivity contribution >= 4 is 5.91 Å². The van der Waals surface area contributed by atoms with Crippen LogP contribution in [0.15, 0.2) is 0 Å². The Labute approximate surface area is 111 Å². The second-order valence-electron chi connectivity index (χ2n) is 5.72. The number of nitrogens with one attached hydrogen (secondary N) is 1.